The van der Waals surface area contributed by atoms with E-state index in [-0.39, 0.29) is 12.7 Å². The van der Waals surface area contributed by atoms with Crippen LogP contribution in [0.15, 0.2) is 18.2 Å². The van der Waals surface area contributed by atoms with Crippen LogP contribution in [0.4, 0.5) is 0 Å². The van der Waals surface area contributed by atoms with Crippen molar-refractivity contribution < 1.29 is 14.3 Å². The Kier molecular flexibility index (Phi) is 3.17. The van der Waals surface area contributed by atoms with Gasteiger partial charge in [-0.25, -0.2) is 0 Å². The first-order valence-corrected chi connectivity index (χ1v) is 7.40. The number of carbonyl (C=O) groups is 1. The number of fused-ring (bicyclic) bond motifs is 2. The van der Waals surface area contributed by atoms with E-state index in [1.807, 2.05) is 0 Å². The molecule has 0 spiro atoms. The lowest BCUT2D eigenvalue weighted by Crippen LogP contribution is -2.25. The van der Waals surface area contributed by atoms with Crippen LogP contribution in [-0.4, -0.2) is 27.5 Å². The summed E-state index contributed by atoms with van der Waals surface area (Å²) in [7, 11) is 0. The molecule has 0 fully saturated rings. The molecule has 7 heteroatoms. The first kappa shape index (κ1) is 13.1. The molecule has 0 saturated heterocycles. The molecule has 22 heavy (non-hydrogen) atoms. The second-order valence-corrected chi connectivity index (χ2v) is 5.39. The maximum atomic E-state index is 12.2. The van der Waals surface area contributed by atoms with Crippen molar-refractivity contribution in [2.45, 2.75) is 32.4 Å². The van der Waals surface area contributed by atoms with Crippen molar-refractivity contribution >= 4 is 5.91 Å². The normalized spacial score (nSPS) is 15.5. The number of hydrogen-bond acceptors (Lipinski definition) is 5. The molecule has 1 aromatic heterocycles. The highest BCUT2D eigenvalue weighted by Crippen LogP contribution is 2.32. The van der Waals surface area contributed by atoms with Gasteiger partial charge in [0.1, 0.15) is 5.82 Å². The largest absolute Gasteiger partial charge is 0.454 e. The van der Waals surface area contributed by atoms with Crippen LogP contribution in [-0.2, 0) is 19.5 Å². The Morgan fingerprint density at radius 2 is 2.14 bits per heavy atom. The molecule has 0 unspecified atom stereocenters. The molecule has 1 aromatic carbocycles. The average Bonchev–Trinajstić information content (AvgIpc) is 3.18. The van der Waals surface area contributed by atoms with E-state index in [2.05, 4.69) is 20.1 Å². The lowest BCUT2D eigenvalue weighted by atomic mass is 10.1. The Balaban J connectivity index is 1.45. The van der Waals surface area contributed by atoms with E-state index in [0.717, 1.165) is 37.5 Å². The van der Waals surface area contributed by atoms with E-state index in [0.29, 0.717) is 23.6 Å². The zero-order valence-electron chi connectivity index (χ0n) is 12.0. The maximum absolute atomic E-state index is 12.2. The van der Waals surface area contributed by atoms with Gasteiger partial charge in [-0.05, 0) is 31.0 Å². The topological polar surface area (TPSA) is 78.3 Å². The van der Waals surface area contributed by atoms with Crippen LogP contribution in [0.1, 0.15) is 34.8 Å². The number of ether oxygens (including phenoxy) is 2. The molecular weight excluding hydrogens is 284 g/mol. The Morgan fingerprint density at radius 3 is 3.09 bits per heavy atom. The van der Waals surface area contributed by atoms with Crippen molar-refractivity contribution in [3.05, 3.63) is 35.4 Å². The Morgan fingerprint density at radius 1 is 1.23 bits per heavy atom. The summed E-state index contributed by atoms with van der Waals surface area (Å²) < 4.78 is 12.6. The molecule has 0 atom stereocenters. The fourth-order valence-electron chi connectivity index (χ4n) is 2.80. The smallest absolute Gasteiger partial charge is 0.251 e. The quantitative estimate of drug-likeness (QED) is 0.923. The molecule has 0 aliphatic carbocycles. The highest BCUT2D eigenvalue weighted by molar-refractivity contribution is 5.94. The first-order chi connectivity index (χ1) is 10.8. The highest BCUT2D eigenvalue weighted by Gasteiger charge is 2.18. The van der Waals surface area contributed by atoms with Crippen LogP contribution < -0.4 is 14.8 Å². The Labute approximate surface area is 127 Å². The van der Waals surface area contributed by atoms with Crippen LogP contribution in [0.5, 0.6) is 11.5 Å². The van der Waals surface area contributed by atoms with Crippen LogP contribution >= 0.6 is 0 Å². The lowest BCUT2D eigenvalue weighted by molar-refractivity contribution is 0.0949. The molecule has 0 bridgehead atoms. The number of nitrogens with one attached hydrogen (secondary N) is 1. The fraction of sp³-hybridized carbons (Fsp3) is 0.400. The molecule has 0 saturated carbocycles. The van der Waals surface area contributed by atoms with E-state index < -0.39 is 0 Å². The van der Waals surface area contributed by atoms with Crippen molar-refractivity contribution in [2.24, 2.45) is 0 Å². The van der Waals surface area contributed by atoms with E-state index in [4.69, 9.17) is 9.47 Å². The molecule has 0 radical (unpaired) electrons. The maximum Gasteiger partial charge on any atom is 0.251 e. The Bertz CT molecular complexity index is 726. The highest BCUT2D eigenvalue weighted by atomic mass is 16.7. The van der Waals surface area contributed by atoms with E-state index >= 15 is 0 Å². The molecule has 114 valence electrons. The minimum atomic E-state index is -0.161. The number of rotatable bonds is 3. The van der Waals surface area contributed by atoms with Gasteiger partial charge in [-0.3, -0.25) is 4.79 Å². The standard InChI is InChI=1S/C15H16N4O3/c20-15(10-4-5-11-12(7-10)22-9-21-11)16-8-14-18-17-13-3-1-2-6-19(13)14/h4-5,7H,1-3,6,8-9H2,(H,16,20). The minimum Gasteiger partial charge on any atom is -0.454 e. The number of amides is 1. The van der Waals surface area contributed by atoms with Crippen LogP contribution in [0.2, 0.25) is 0 Å². The van der Waals surface area contributed by atoms with Gasteiger partial charge in [0.05, 0.1) is 6.54 Å². The third-order valence-corrected chi connectivity index (χ3v) is 3.98. The van der Waals surface area contributed by atoms with Crippen molar-refractivity contribution in [3.8, 4) is 11.5 Å². The summed E-state index contributed by atoms with van der Waals surface area (Å²) in [6.07, 6.45) is 3.25. The first-order valence-electron chi connectivity index (χ1n) is 7.40. The molecule has 2 aliphatic rings. The minimum absolute atomic E-state index is 0.161. The van der Waals surface area contributed by atoms with Gasteiger partial charge in [-0.1, -0.05) is 0 Å². The number of hydrogen-bond donors (Lipinski definition) is 1. The van der Waals surface area contributed by atoms with Crippen LogP contribution in [0, 0.1) is 0 Å². The summed E-state index contributed by atoms with van der Waals surface area (Å²) in [5.74, 6) is 2.93. The third kappa shape index (κ3) is 2.28. The van der Waals surface area contributed by atoms with Crippen molar-refractivity contribution in [1.82, 2.24) is 20.1 Å². The van der Waals surface area contributed by atoms with Gasteiger partial charge >= 0.3 is 0 Å². The predicted molar refractivity (Wildman–Crippen MR) is 76.7 cm³/mol. The molecule has 7 nitrogen and oxygen atoms in total. The summed E-state index contributed by atoms with van der Waals surface area (Å²) in [5.41, 5.74) is 0.544. The third-order valence-electron chi connectivity index (χ3n) is 3.98. The van der Waals surface area contributed by atoms with Crippen molar-refractivity contribution in [2.75, 3.05) is 6.79 Å². The zero-order valence-corrected chi connectivity index (χ0v) is 12.0. The number of carbonyl (C=O) groups excluding carboxylic acids is 1. The number of aryl methyl sites for hydroxylation is 1. The zero-order chi connectivity index (χ0) is 14.9. The monoisotopic (exact) mass is 300 g/mol. The molecule has 1 amide bonds. The van der Waals surface area contributed by atoms with Crippen LogP contribution in [0.3, 0.4) is 0 Å². The number of nitrogens with zero attached hydrogens (tertiary/aromatic N) is 3. The van der Waals surface area contributed by atoms with Gasteiger partial charge in [0.15, 0.2) is 17.3 Å². The van der Waals surface area contributed by atoms with Gasteiger partial charge in [0.25, 0.3) is 5.91 Å². The summed E-state index contributed by atoms with van der Waals surface area (Å²) in [6.45, 7) is 1.50. The van der Waals surface area contributed by atoms with Gasteiger partial charge < -0.3 is 19.4 Å². The van der Waals surface area contributed by atoms with Gasteiger partial charge in [-0.2, -0.15) is 0 Å². The SMILES string of the molecule is O=C(NCc1nnc2n1CCCC2)c1ccc2c(c1)OCO2. The van der Waals surface area contributed by atoms with Gasteiger partial charge in [-0.15, -0.1) is 10.2 Å². The summed E-state index contributed by atoms with van der Waals surface area (Å²) in [5, 5.41) is 11.2. The Hall–Kier alpha value is -2.57. The molecule has 2 aliphatic heterocycles. The summed E-state index contributed by atoms with van der Waals surface area (Å²) >= 11 is 0. The molecular formula is C15H16N4O3. The van der Waals surface area contributed by atoms with E-state index in [1.165, 1.54) is 0 Å². The van der Waals surface area contributed by atoms with Crippen LogP contribution in [0.25, 0.3) is 0 Å². The van der Waals surface area contributed by atoms with Crippen molar-refractivity contribution in [1.29, 1.82) is 0 Å². The lowest BCUT2D eigenvalue weighted by Gasteiger charge is -2.14. The number of benzene rings is 1. The summed E-state index contributed by atoms with van der Waals surface area (Å²) in [4.78, 5) is 12.2. The summed E-state index contributed by atoms with van der Waals surface area (Å²) in [6, 6.07) is 5.16. The second kappa shape index (κ2) is 5.32. The molecule has 3 heterocycles. The van der Waals surface area contributed by atoms with Gasteiger partial charge in [0, 0.05) is 18.5 Å². The van der Waals surface area contributed by atoms with E-state index in [9.17, 15) is 4.79 Å². The molecule has 2 aromatic rings. The molecule has 4 rings (SSSR count). The fourth-order valence-corrected chi connectivity index (χ4v) is 2.80. The van der Waals surface area contributed by atoms with E-state index in [1.54, 1.807) is 18.2 Å². The second-order valence-electron chi connectivity index (χ2n) is 5.39. The number of aromatic nitrogens is 3. The van der Waals surface area contributed by atoms with Crippen molar-refractivity contribution in [3.63, 3.8) is 0 Å². The average molecular weight is 300 g/mol. The predicted octanol–water partition coefficient (Wildman–Crippen LogP) is 1.27. The molecule has 1 N–H and O–H groups in total. The van der Waals surface area contributed by atoms with Gasteiger partial charge in [0.2, 0.25) is 6.79 Å².